The Morgan fingerprint density at radius 1 is 1.29 bits per heavy atom. The van der Waals surface area contributed by atoms with Crippen LogP contribution in [0.2, 0.25) is 0 Å². The van der Waals surface area contributed by atoms with Crippen LogP contribution in [0.3, 0.4) is 0 Å². The van der Waals surface area contributed by atoms with Gasteiger partial charge in [-0.3, -0.25) is 19.3 Å². The molecule has 1 fully saturated rings. The molecular formula is C22H26N6O4S2. The number of rotatable bonds is 9. The first kappa shape index (κ1) is 24.2. The third kappa shape index (κ3) is 5.24. The van der Waals surface area contributed by atoms with Gasteiger partial charge in [-0.2, -0.15) is 0 Å². The molecule has 1 amide bonds. The zero-order valence-electron chi connectivity index (χ0n) is 19.3. The van der Waals surface area contributed by atoms with E-state index in [1.165, 1.54) is 21.8 Å². The number of nitrogens with one attached hydrogen (secondary N) is 1. The first-order valence-electron chi connectivity index (χ1n) is 10.8. The SMILES string of the molecule is CCOc1cncc(-c2ccc(C(=O)NC(C)(C)c3nc(N(C4CC4)S(=O)O)sc3C)nc2)n1. The molecular weight excluding hydrogens is 476 g/mol. The lowest BCUT2D eigenvalue weighted by molar-refractivity contribution is 0.0905. The first-order valence-corrected chi connectivity index (χ1v) is 12.7. The van der Waals surface area contributed by atoms with Crippen LogP contribution in [-0.2, 0) is 16.8 Å². The molecule has 3 aromatic heterocycles. The van der Waals surface area contributed by atoms with Gasteiger partial charge in [0.1, 0.15) is 5.69 Å². The Morgan fingerprint density at radius 2 is 2.06 bits per heavy atom. The predicted octanol–water partition coefficient (Wildman–Crippen LogP) is 3.47. The summed E-state index contributed by atoms with van der Waals surface area (Å²) < 4.78 is 28.3. The summed E-state index contributed by atoms with van der Waals surface area (Å²) in [7, 11) is 0. The fourth-order valence-corrected chi connectivity index (χ4v) is 5.50. The third-order valence-electron chi connectivity index (χ3n) is 5.24. The summed E-state index contributed by atoms with van der Waals surface area (Å²) in [4.78, 5) is 31.3. The van der Waals surface area contributed by atoms with Crippen LogP contribution in [-0.4, -0.2) is 47.3 Å². The zero-order valence-corrected chi connectivity index (χ0v) is 20.9. The molecule has 34 heavy (non-hydrogen) atoms. The van der Waals surface area contributed by atoms with Gasteiger partial charge in [0, 0.05) is 22.7 Å². The van der Waals surface area contributed by atoms with E-state index in [1.807, 2.05) is 27.7 Å². The topological polar surface area (TPSA) is 130 Å². The number of amides is 1. The maximum atomic E-state index is 13.0. The average molecular weight is 503 g/mol. The van der Waals surface area contributed by atoms with Crippen LogP contribution in [0.5, 0.6) is 5.88 Å². The van der Waals surface area contributed by atoms with Gasteiger partial charge in [-0.1, -0.05) is 0 Å². The van der Waals surface area contributed by atoms with Gasteiger partial charge >= 0.3 is 0 Å². The van der Waals surface area contributed by atoms with E-state index in [0.29, 0.717) is 34.6 Å². The van der Waals surface area contributed by atoms with E-state index in [4.69, 9.17) is 4.74 Å². The van der Waals surface area contributed by atoms with Crippen molar-refractivity contribution >= 4 is 33.6 Å². The maximum absolute atomic E-state index is 13.0. The summed E-state index contributed by atoms with van der Waals surface area (Å²) in [5.41, 5.74) is 1.38. The summed E-state index contributed by atoms with van der Waals surface area (Å²) in [6.45, 7) is 7.94. The normalized spacial score (nSPS) is 14.5. The molecule has 3 aromatic rings. The smallest absolute Gasteiger partial charge is 0.270 e. The lowest BCUT2D eigenvalue weighted by Crippen LogP contribution is -2.42. The number of carbonyl (C=O) groups excluding carboxylic acids is 1. The van der Waals surface area contributed by atoms with E-state index in [-0.39, 0.29) is 17.6 Å². The van der Waals surface area contributed by atoms with Gasteiger partial charge in [-0.05, 0) is 52.7 Å². The van der Waals surface area contributed by atoms with Crippen molar-refractivity contribution in [3.05, 3.63) is 47.0 Å². The van der Waals surface area contributed by atoms with E-state index in [2.05, 4.69) is 25.3 Å². The number of hydrogen-bond donors (Lipinski definition) is 2. The molecule has 4 rings (SSSR count). The van der Waals surface area contributed by atoms with Crippen molar-refractivity contribution in [1.82, 2.24) is 25.3 Å². The van der Waals surface area contributed by atoms with Gasteiger partial charge < -0.3 is 10.1 Å². The molecule has 2 N–H and O–H groups in total. The number of carbonyl (C=O) groups is 1. The summed E-state index contributed by atoms with van der Waals surface area (Å²) in [5.74, 6) is 0.0660. The summed E-state index contributed by atoms with van der Waals surface area (Å²) in [6.07, 6.45) is 6.44. The molecule has 3 heterocycles. The number of nitrogens with zero attached hydrogens (tertiary/aromatic N) is 5. The van der Waals surface area contributed by atoms with Crippen LogP contribution in [0.4, 0.5) is 5.13 Å². The number of thiazole rings is 1. The molecule has 12 heteroatoms. The van der Waals surface area contributed by atoms with Gasteiger partial charge in [0.05, 0.1) is 35.9 Å². The standard InChI is InChI=1S/C22H26N6O4S2/c1-5-32-18-12-23-11-17(25-18)14-6-9-16(24-10-14)20(29)27-22(3,4)19-13(2)33-21(26-19)28(34(30)31)15-7-8-15/h6,9-12,15H,5,7-8H2,1-4H3,(H,27,29)(H,30,31). The van der Waals surface area contributed by atoms with Crippen molar-refractivity contribution in [2.75, 3.05) is 10.9 Å². The van der Waals surface area contributed by atoms with Crippen LogP contribution >= 0.6 is 11.3 Å². The number of aromatic nitrogens is 4. The zero-order chi connectivity index (χ0) is 24.5. The van der Waals surface area contributed by atoms with E-state index in [0.717, 1.165) is 17.7 Å². The maximum Gasteiger partial charge on any atom is 0.270 e. The molecule has 0 spiro atoms. The molecule has 1 unspecified atom stereocenters. The minimum Gasteiger partial charge on any atom is -0.477 e. The summed E-state index contributed by atoms with van der Waals surface area (Å²) in [5, 5.41) is 3.46. The molecule has 10 nitrogen and oxygen atoms in total. The first-order chi connectivity index (χ1) is 16.2. The van der Waals surface area contributed by atoms with Crippen LogP contribution < -0.4 is 14.4 Å². The van der Waals surface area contributed by atoms with Crippen LogP contribution in [0.1, 0.15) is 54.7 Å². The third-order valence-corrected chi connectivity index (χ3v) is 7.13. The minimum absolute atomic E-state index is 0.0311. The minimum atomic E-state index is -2.14. The summed E-state index contributed by atoms with van der Waals surface area (Å²) >= 11 is -0.794. The predicted molar refractivity (Wildman–Crippen MR) is 130 cm³/mol. The highest BCUT2D eigenvalue weighted by Crippen LogP contribution is 2.38. The second-order valence-electron chi connectivity index (χ2n) is 8.38. The van der Waals surface area contributed by atoms with Gasteiger partial charge in [0.25, 0.3) is 17.2 Å². The molecule has 0 aromatic carbocycles. The number of ether oxygens (including phenoxy) is 1. The monoisotopic (exact) mass is 502 g/mol. The largest absolute Gasteiger partial charge is 0.477 e. The Balaban J connectivity index is 1.50. The summed E-state index contributed by atoms with van der Waals surface area (Å²) in [6, 6.07) is 3.41. The van der Waals surface area contributed by atoms with E-state index in [9.17, 15) is 13.6 Å². The Morgan fingerprint density at radius 3 is 2.68 bits per heavy atom. The number of pyridine rings is 1. The molecule has 1 aliphatic rings. The van der Waals surface area contributed by atoms with Crippen molar-refractivity contribution in [1.29, 1.82) is 0 Å². The van der Waals surface area contributed by atoms with E-state index >= 15 is 0 Å². The van der Waals surface area contributed by atoms with E-state index in [1.54, 1.807) is 24.5 Å². The van der Waals surface area contributed by atoms with Crippen molar-refractivity contribution in [2.24, 2.45) is 0 Å². The van der Waals surface area contributed by atoms with Crippen LogP contribution in [0.25, 0.3) is 11.3 Å². The van der Waals surface area contributed by atoms with Crippen LogP contribution in [0, 0.1) is 6.92 Å². The number of anilines is 1. The lowest BCUT2D eigenvalue weighted by Gasteiger charge is -2.25. The van der Waals surface area contributed by atoms with Crippen molar-refractivity contribution in [3.8, 4) is 17.1 Å². The molecule has 1 atom stereocenters. The fraction of sp³-hybridized carbons (Fsp3) is 0.409. The Hall–Kier alpha value is -2.96. The number of aryl methyl sites for hydroxylation is 1. The van der Waals surface area contributed by atoms with Crippen molar-refractivity contribution in [3.63, 3.8) is 0 Å². The van der Waals surface area contributed by atoms with Crippen molar-refractivity contribution < 1.29 is 18.3 Å². The van der Waals surface area contributed by atoms with Gasteiger partial charge in [0.2, 0.25) is 5.88 Å². The average Bonchev–Trinajstić information content (AvgIpc) is 3.54. The number of hydrogen-bond acceptors (Lipinski definition) is 8. The van der Waals surface area contributed by atoms with Crippen molar-refractivity contribution in [2.45, 2.75) is 52.1 Å². The molecule has 0 bridgehead atoms. The molecule has 1 aliphatic carbocycles. The second kappa shape index (κ2) is 9.72. The molecule has 1 saturated carbocycles. The Bertz CT molecular complexity index is 1210. The van der Waals surface area contributed by atoms with Gasteiger partial charge in [-0.25, -0.2) is 18.5 Å². The second-order valence-corrected chi connectivity index (χ2v) is 10.4. The Kier molecular flexibility index (Phi) is 6.91. The molecule has 0 radical (unpaired) electrons. The van der Waals surface area contributed by atoms with Crippen LogP contribution in [0.15, 0.2) is 30.7 Å². The highest BCUT2D eigenvalue weighted by molar-refractivity contribution is 7.81. The Labute approximate surface area is 204 Å². The molecule has 0 saturated heterocycles. The highest BCUT2D eigenvalue weighted by Gasteiger charge is 2.37. The van der Waals surface area contributed by atoms with E-state index < -0.39 is 16.8 Å². The quantitative estimate of drug-likeness (QED) is 0.425. The molecule has 180 valence electrons. The van der Waals surface area contributed by atoms with Gasteiger partial charge in [-0.15, -0.1) is 11.3 Å². The fourth-order valence-electron chi connectivity index (χ4n) is 3.51. The molecule has 0 aliphatic heterocycles. The van der Waals surface area contributed by atoms with Gasteiger partial charge in [0.15, 0.2) is 5.13 Å². The highest BCUT2D eigenvalue weighted by atomic mass is 32.2. The lowest BCUT2D eigenvalue weighted by atomic mass is 9.99.